The number of halogens is 1. The number of hydrazine groups is 1. The van der Waals surface area contributed by atoms with Crippen LogP contribution in [0.2, 0.25) is 0 Å². The summed E-state index contributed by atoms with van der Waals surface area (Å²) in [5.74, 6) is 6.26. The van der Waals surface area contributed by atoms with E-state index < -0.39 is 0 Å². The molecule has 3 N–H and O–H groups in total. The van der Waals surface area contributed by atoms with Crippen LogP contribution in [0.15, 0.2) is 29.2 Å². The molecule has 1 aromatic carbocycles. The fraction of sp³-hybridized carbons (Fsp3) is 0.600. The molecule has 0 fully saturated rings. The van der Waals surface area contributed by atoms with E-state index in [9.17, 15) is 4.39 Å². The Hall–Kier alpha value is -0.580. The highest BCUT2D eigenvalue weighted by atomic mass is 32.2. The zero-order valence-electron chi connectivity index (χ0n) is 12.1. The van der Waals surface area contributed by atoms with Gasteiger partial charge in [-0.25, -0.2) is 4.39 Å². The average molecular weight is 284 g/mol. The average Bonchev–Trinajstić information content (AvgIpc) is 2.32. The molecular formula is C15H25FN2S. The quantitative estimate of drug-likeness (QED) is 0.452. The summed E-state index contributed by atoms with van der Waals surface area (Å²) in [6.07, 6.45) is 3.40. The van der Waals surface area contributed by atoms with Gasteiger partial charge in [-0.1, -0.05) is 33.3 Å². The minimum absolute atomic E-state index is 0.185. The van der Waals surface area contributed by atoms with Gasteiger partial charge in [0.05, 0.1) is 0 Å². The summed E-state index contributed by atoms with van der Waals surface area (Å²) in [5.41, 5.74) is 3.23. The topological polar surface area (TPSA) is 38.0 Å². The molecule has 0 aliphatic carbocycles. The van der Waals surface area contributed by atoms with Crippen LogP contribution >= 0.6 is 11.8 Å². The third-order valence-electron chi connectivity index (χ3n) is 2.96. The van der Waals surface area contributed by atoms with E-state index in [1.165, 1.54) is 12.5 Å². The third-order valence-corrected chi connectivity index (χ3v) is 4.12. The predicted octanol–water partition coefficient (Wildman–Crippen LogP) is 3.97. The lowest BCUT2D eigenvalue weighted by Gasteiger charge is -2.20. The summed E-state index contributed by atoms with van der Waals surface area (Å²) in [7, 11) is 0. The molecule has 19 heavy (non-hydrogen) atoms. The van der Waals surface area contributed by atoms with E-state index in [2.05, 4.69) is 26.2 Å². The number of hydrogen-bond acceptors (Lipinski definition) is 3. The van der Waals surface area contributed by atoms with Crippen molar-refractivity contribution in [3.63, 3.8) is 0 Å². The molecule has 0 spiro atoms. The van der Waals surface area contributed by atoms with Gasteiger partial charge in [-0.3, -0.25) is 11.3 Å². The molecule has 0 bridgehead atoms. The van der Waals surface area contributed by atoms with Gasteiger partial charge in [-0.15, -0.1) is 11.8 Å². The lowest BCUT2D eigenvalue weighted by Crippen LogP contribution is -2.37. The third kappa shape index (κ3) is 7.55. The normalized spacial score (nSPS) is 13.5. The van der Waals surface area contributed by atoms with E-state index in [0.29, 0.717) is 5.41 Å². The van der Waals surface area contributed by atoms with Crippen LogP contribution in [0.3, 0.4) is 0 Å². The molecule has 2 nitrogen and oxygen atoms in total. The van der Waals surface area contributed by atoms with Crippen molar-refractivity contribution in [2.75, 3.05) is 5.75 Å². The van der Waals surface area contributed by atoms with E-state index in [4.69, 9.17) is 5.84 Å². The maximum absolute atomic E-state index is 13.1. The van der Waals surface area contributed by atoms with Gasteiger partial charge in [0.2, 0.25) is 0 Å². The molecule has 0 saturated carbocycles. The van der Waals surface area contributed by atoms with E-state index in [1.54, 1.807) is 23.9 Å². The highest BCUT2D eigenvalue weighted by Crippen LogP contribution is 2.24. The molecule has 0 aliphatic rings. The van der Waals surface area contributed by atoms with Gasteiger partial charge in [0, 0.05) is 16.7 Å². The summed E-state index contributed by atoms with van der Waals surface area (Å²) in [6.45, 7) is 6.75. The molecule has 0 aromatic heterocycles. The molecule has 4 heteroatoms. The molecule has 1 aromatic rings. The van der Waals surface area contributed by atoms with E-state index in [-0.39, 0.29) is 11.9 Å². The number of nitrogens with one attached hydrogen (secondary N) is 1. The van der Waals surface area contributed by atoms with Crippen molar-refractivity contribution in [3.05, 3.63) is 30.1 Å². The van der Waals surface area contributed by atoms with Crippen molar-refractivity contribution in [1.82, 2.24) is 5.43 Å². The molecule has 1 atom stereocenters. The van der Waals surface area contributed by atoms with Crippen molar-refractivity contribution in [3.8, 4) is 0 Å². The first-order valence-corrected chi connectivity index (χ1v) is 7.74. The van der Waals surface area contributed by atoms with Crippen LogP contribution in [-0.2, 0) is 0 Å². The van der Waals surface area contributed by atoms with Crippen LogP contribution in [0.25, 0.3) is 0 Å². The summed E-state index contributed by atoms with van der Waals surface area (Å²) in [4.78, 5) is 0.955. The van der Waals surface area contributed by atoms with E-state index in [1.807, 2.05) is 6.07 Å². The smallest absolute Gasteiger partial charge is 0.124 e. The van der Waals surface area contributed by atoms with Gasteiger partial charge in [0.1, 0.15) is 5.82 Å². The SMILES string of the molecule is CC(C)(C)CCCC(CSc1cccc(F)c1)NN. The lowest BCUT2D eigenvalue weighted by atomic mass is 9.89. The first-order chi connectivity index (χ1) is 8.90. The number of thioether (sulfide) groups is 1. The maximum atomic E-state index is 13.1. The molecule has 1 unspecified atom stereocenters. The molecular weight excluding hydrogens is 259 g/mol. The summed E-state index contributed by atoms with van der Waals surface area (Å²) in [5, 5.41) is 0. The lowest BCUT2D eigenvalue weighted by molar-refractivity contribution is 0.348. The molecule has 108 valence electrons. The second kappa shape index (κ2) is 7.88. The van der Waals surface area contributed by atoms with Crippen LogP contribution in [0.1, 0.15) is 40.0 Å². The fourth-order valence-electron chi connectivity index (χ4n) is 1.85. The Morgan fingerprint density at radius 1 is 1.37 bits per heavy atom. The van der Waals surface area contributed by atoms with Crippen molar-refractivity contribution in [1.29, 1.82) is 0 Å². The van der Waals surface area contributed by atoms with Gasteiger partial charge in [0.15, 0.2) is 0 Å². The van der Waals surface area contributed by atoms with Gasteiger partial charge in [-0.05, 0) is 36.5 Å². The first kappa shape index (κ1) is 16.5. The van der Waals surface area contributed by atoms with Crippen LogP contribution in [0.4, 0.5) is 4.39 Å². The zero-order valence-corrected chi connectivity index (χ0v) is 12.9. The second-order valence-corrected chi connectivity index (χ2v) is 7.18. The van der Waals surface area contributed by atoms with Crippen LogP contribution in [0, 0.1) is 11.2 Å². The molecule has 0 aliphatic heterocycles. The first-order valence-electron chi connectivity index (χ1n) is 6.75. The Bertz CT molecular complexity index is 377. The van der Waals surface area contributed by atoms with Gasteiger partial charge < -0.3 is 0 Å². The zero-order chi connectivity index (χ0) is 14.3. The highest BCUT2D eigenvalue weighted by Gasteiger charge is 2.12. The summed E-state index contributed by atoms with van der Waals surface area (Å²) >= 11 is 1.64. The van der Waals surface area contributed by atoms with Crippen molar-refractivity contribution in [2.24, 2.45) is 11.3 Å². The standard InChI is InChI=1S/C15H25FN2S/c1-15(2,3)9-5-7-13(18-17)11-19-14-8-4-6-12(16)10-14/h4,6,8,10,13,18H,5,7,9,11,17H2,1-3H3. The Morgan fingerprint density at radius 3 is 2.68 bits per heavy atom. The number of hydrogen-bond donors (Lipinski definition) is 2. The minimum atomic E-state index is -0.185. The van der Waals surface area contributed by atoms with E-state index >= 15 is 0 Å². The summed E-state index contributed by atoms with van der Waals surface area (Å²) in [6, 6.07) is 6.97. The predicted molar refractivity (Wildman–Crippen MR) is 81.5 cm³/mol. The van der Waals surface area contributed by atoms with E-state index in [0.717, 1.165) is 23.5 Å². The molecule has 0 amide bonds. The van der Waals surface area contributed by atoms with Gasteiger partial charge in [-0.2, -0.15) is 0 Å². The number of nitrogens with two attached hydrogens (primary N) is 1. The Labute approximate surface area is 120 Å². The van der Waals surface area contributed by atoms with Crippen molar-refractivity contribution in [2.45, 2.75) is 51.0 Å². The number of benzene rings is 1. The molecule has 1 rings (SSSR count). The van der Waals surface area contributed by atoms with Gasteiger partial charge >= 0.3 is 0 Å². The van der Waals surface area contributed by atoms with Crippen molar-refractivity contribution < 1.29 is 4.39 Å². The van der Waals surface area contributed by atoms with Crippen molar-refractivity contribution >= 4 is 11.8 Å². The largest absolute Gasteiger partial charge is 0.271 e. The Morgan fingerprint density at radius 2 is 2.11 bits per heavy atom. The monoisotopic (exact) mass is 284 g/mol. The molecule has 0 heterocycles. The van der Waals surface area contributed by atoms with Crippen LogP contribution in [0.5, 0.6) is 0 Å². The molecule has 0 radical (unpaired) electrons. The van der Waals surface area contributed by atoms with Gasteiger partial charge in [0.25, 0.3) is 0 Å². The Balaban J connectivity index is 2.32. The fourth-order valence-corrected chi connectivity index (χ4v) is 2.87. The highest BCUT2D eigenvalue weighted by molar-refractivity contribution is 7.99. The Kier molecular flexibility index (Phi) is 6.83. The number of rotatable bonds is 7. The maximum Gasteiger partial charge on any atom is 0.124 e. The summed E-state index contributed by atoms with van der Waals surface area (Å²) < 4.78 is 13.1. The minimum Gasteiger partial charge on any atom is -0.271 e. The second-order valence-electron chi connectivity index (χ2n) is 6.08. The molecule has 0 saturated heterocycles. The van der Waals surface area contributed by atoms with Crippen LogP contribution < -0.4 is 11.3 Å². The van der Waals surface area contributed by atoms with Crippen LogP contribution in [-0.4, -0.2) is 11.8 Å².